The van der Waals surface area contributed by atoms with Crippen LogP contribution >= 0.6 is 22.6 Å². The van der Waals surface area contributed by atoms with Gasteiger partial charge in [-0.1, -0.05) is 11.5 Å². The van der Waals surface area contributed by atoms with E-state index in [0.717, 1.165) is 0 Å². The van der Waals surface area contributed by atoms with Gasteiger partial charge in [-0.2, -0.15) is 0 Å². The molecular weight excluding hydrogens is 530 g/mol. The van der Waals surface area contributed by atoms with Crippen LogP contribution in [-0.4, -0.2) is 76.4 Å². The Kier molecular flexibility index (Phi) is 5.22. The zero-order valence-corrected chi connectivity index (χ0v) is 19.4. The first-order valence-electron chi connectivity index (χ1n) is 9.78. The first-order valence-corrected chi connectivity index (χ1v) is 10.9. The molecule has 4 rings (SSSR count). The molecule has 4 atom stereocenters. The van der Waals surface area contributed by atoms with Crippen molar-refractivity contribution in [2.45, 2.75) is 24.5 Å². The highest BCUT2D eigenvalue weighted by Crippen LogP contribution is 2.52. The number of nitrogens with zero attached hydrogens (tertiary/aromatic N) is 1. The lowest BCUT2D eigenvalue weighted by Crippen LogP contribution is -2.65. The SMILES string of the molecule is [B]c1cc(I)c(O)c2c1C[C@H]1C[C@H]3[C@H](N(C)C)C(=O)C(C(N)=O)=C(O)[C@@]3(O)C(=O)C1=C2O. The number of aromatic hydroxyl groups is 1. The van der Waals surface area contributed by atoms with Crippen LogP contribution in [0.1, 0.15) is 17.5 Å². The molecule has 166 valence electrons. The summed E-state index contributed by atoms with van der Waals surface area (Å²) in [7, 11) is 9.21. The first-order chi connectivity index (χ1) is 14.8. The average molecular weight is 550 g/mol. The molecule has 0 unspecified atom stereocenters. The Bertz CT molecular complexity index is 1180. The van der Waals surface area contributed by atoms with E-state index in [1.165, 1.54) is 4.90 Å². The third-order valence-electron chi connectivity index (χ3n) is 6.71. The molecule has 3 aliphatic rings. The number of aliphatic hydroxyl groups excluding tert-OH is 2. The molecule has 6 N–H and O–H groups in total. The number of primary amides is 1. The van der Waals surface area contributed by atoms with E-state index in [1.54, 1.807) is 20.2 Å². The topological polar surface area (TPSA) is 161 Å². The average Bonchev–Trinajstić information content (AvgIpc) is 2.68. The Labute approximate surface area is 198 Å². The second-order valence-corrected chi connectivity index (χ2v) is 9.77. The Balaban J connectivity index is 2.00. The highest BCUT2D eigenvalue weighted by atomic mass is 127. The number of nitrogens with two attached hydrogens (primary N) is 1. The highest BCUT2D eigenvalue weighted by Gasteiger charge is 2.64. The Morgan fingerprint density at radius 2 is 1.91 bits per heavy atom. The number of hydrogen-bond acceptors (Lipinski definition) is 8. The number of amides is 1. The van der Waals surface area contributed by atoms with Crippen LogP contribution in [0, 0.1) is 15.4 Å². The van der Waals surface area contributed by atoms with E-state index in [1.807, 2.05) is 22.6 Å². The van der Waals surface area contributed by atoms with Gasteiger partial charge in [-0.15, -0.1) is 0 Å². The molecule has 11 heteroatoms. The summed E-state index contributed by atoms with van der Waals surface area (Å²) in [6.45, 7) is 0. The number of Topliss-reactive ketones (excluding diaryl/α,β-unsaturated/α-hetero) is 2. The van der Waals surface area contributed by atoms with Crippen molar-refractivity contribution in [1.82, 2.24) is 4.90 Å². The molecule has 1 aromatic rings. The summed E-state index contributed by atoms with van der Waals surface area (Å²) in [5, 5.41) is 43.8. The van der Waals surface area contributed by atoms with E-state index in [9.17, 15) is 34.8 Å². The zero-order valence-electron chi connectivity index (χ0n) is 17.2. The number of rotatable bonds is 2. The van der Waals surface area contributed by atoms with Crippen molar-refractivity contribution in [3.8, 4) is 5.75 Å². The van der Waals surface area contributed by atoms with E-state index >= 15 is 0 Å². The number of phenols is 1. The van der Waals surface area contributed by atoms with Gasteiger partial charge in [0.1, 0.15) is 30.7 Å². The van der Waals surface area contributed by atoms with Crippen LogP contribution in [0.2, 0.25) is 0 Å². The monoisotopic (exact) mass is 550 g/mol. The molecule has 1 amide bonds. The van der Waals surface area contributed by atoms with Crippen molar-refractivity contribution in [2.24, 2.45) is 17.6 Å². The van der Waals surface area contributed by atoms with Crippen LogP contribution in [0.3, 0.4) is 0 Å². The smallest absolute Gasteiger partial charge is 0.255 e. The number of fused-ring (bicyclic) bond motifs is 3. The van der Waals surface area contributed by atoms with Crippen LogP contribution in [0.15, 0.2) is 23.0 Å². The van der Waals surface area contributed by atoms with E-state index in [0.29, 0.717) is 14.6 Å². The maximum atomic E-state index is 13.6. The van der Waals surface area contributed by atoms with Gasteiger partial charge in [0, 0.05) is 11.5 Å². The molecule has 32 heavy (non-hydrogen) atoms. The van der Waals surface area contributed by atoms with Crippen LogP contribution in [0.25, 0.3) is 5.76 Å². The molecular formula is C21H20BIN2O7. The van der Waals surface area contributed by atoms with Gasteiger partial charge >= 0.3 is 0 Å². The molecule has 0 spiro atoms. The zero-order chi connectivity index (χ0) is 23.9. The Morgan fingerprint density at radius 3 is 2.47 bits per heavy atom. The molecule has 3 aliphatic carbocycles. The summed E-state index contributed by atoms with van der Waals surface area (Å²) in [5.74, 6) is -6.78. The van der Waals surface area contributed by atoms with E-state index in [4.69, 9.17) is 13.6 Å². The van der Waals surface area contributed by atoms with Gasteiger partial charge in [0.15, 0.2) is 11.4 Å². The molecule has 0 aliphatic heterocycles. The minimum Gasteiger partial charge on any atom is -0.508 e. The lowest BCUT2D eigenvalue weighted by atomic mass is 9.57. The number of likely N-dealkylation sites (N-methyl/N-ethyl adjacent to an activating group) is 1. The second kappa shape index (κ2) is 7.32. The summed E-state index contributed by atoms with van der Waals surface area (Å²) in [6, 6.07) is 0.434. The van der Waals surface area contributed by atoms with Crippen molar-refractivity contribution in [3.05, 3.63) is 37.7 Å². The molecule has 0 aromatic heterocycles. The summed E-state index contributed by atoms with van der Waals surface area (Å²) in [5.41, 5.74) is 2.37. The lowest BCUT2D eigenvalue weighted by molar-refractivity contribution is -0.153. The van der Waals surface area contributed by atoms with Crippen LogP contribution < -0.4 is 11.2 Å². The van der Waals surface area contributed by atoms with E-state index < -0.39 is 58.0 Å². The standard InChI is InChI=1S/C21H20BIN2O7/c1-25(2)14-8-4-6-3-7-9(22)5-10(23)15(26)12(7)16(27)11(6)18(29)21(8,32)19(30)13(17(14)28)20(24)31/h5-6,8,14,26-27,30,32H,3-4H2,1-2H3,(H2,24,31)/t6-,8-,14-,21-/m0/s1. The molecule has 1 saturated carbocycles. The van der Waals surface area contributed by atoms with E-state index in [-0.39, 0.29) is 29.7 Å². The highest BCUT2D eigenvalue weighted by molar-refractivity contribution is 14.1. The fraction of sp³-hybridized carbons (Fsp3) is 0.381. The van der Waals surface area contributed by atoms with Gasteiger partial charge in [0.05, 0.1) is 15.2 Å². The van der Waals surface area contributed by atoms with Crippen LogP contribution in [0.4, 0.5) is 0 Å². The van der Waals surface area contributed by atoms with Gasteiger partial charge in [-0.25, -0.2) is 0 Å². The minimum absolute atomic E-state index is 0.00862. The molecule has 1 aromatic carbocycles. The number of carbonyl (C=O) groups excluding carboxylic acids is 3. The second-order valence-electron chi connectivity index (χ2n) is 8.61. The van der Waals surface area contributed by atoms with E-state index in [2.05, 4.69) is 0 Å². The summed E-state index contributed by atoms with van der Waals surface area (Å²) < 4.78 is 0.360. The molecule has 9 nitrogen and oxygen atoms in total. The van der Waals surface area contributed by atoms with Gasteiger partial charge < -0.3 is 26.2 Å². The maximum Gasteiger partial charge on any atom is 0.255 e. The lowest BCUT2D eigenvalue weighted by Gasteiger charge is -2.50. The number of phenolic OH excluding ortho intramolecular Hbond substituents is 1. The van der Waals surface area contributed by atoms with Crippen molar-refractivity contribution in [1.29, 1.82) is 0 Å². The molecule has 0 bridgehead atoms. The molecule has 0 heterocycles. The van der Waals surface area contributed by atoms with Gasteiger partial charge in [-0.3, -0.25) is 19.3 Å². The number of aliphatic hydroxyl groups is 3. The molecule has 2 radical (unpaired) electrons. The van der Waals surface area contributed by atoms with Crippen molar-refractivity contribution in [2.75, 3.05) is 14.1 Å². The fourth-order valence-electron chi connectivity index (χ4n) is 5.31. The Morgan fingerprint density at radius 1 is 1.28 bits per heavy atom. The number of halogens is 1. The van der Waals surface area contributed by atoms with Crippen LogP contribution in [0.5, 0.6) is 5.75 Å². The number of ketones is 2. The molecule has 1 fully saturated rings. The normalized spacial score (nSPS) is 29.7. The predicted molar refractivity (Wildman–Crippen MR) is 122 cm³/mol. The maximum absolute atomic E-state index is 13.6. The van der Waals surface area contributed by atoms with Crippen molar-refractivity contribution < 1.29 is 34.8 Å². The van der Waals surface area contributed by atoms with Gasteiger partial charge in [-0.05, 0) is 61.0 Å². The first kappa shape index (κ1) is 22.8. The third-order valence-corrected chi connectivity index (χ3v) is 7.53. The van der Waals surface area contributed by atoms with Crippen molar-refractivity contribution >= 4 is 59.1 Å². The van der Waals surface area contributed by atoms with Crippen molar-refractivity contribution in [3.63, 3.8) is 0 Å². The Hall–Kier alpha value is -2.38. The summed E-state index contributed by atoms with van der Waals surface area (Å²) in [6.07, 6.45) is 0.197. The number of carbonyl (C=O) groups is 3. The summed E-state index contributed by atoms with van der Waals surface area (Å²) >= 11 is 1.84. The third kappa shape index (κ3) is 2.80. The summed E-state index contributed by atoms with van der Waals surface area (Å²) in [4.78, 5) is 40.0. The van der Waals surface area contributed by atoms with Crippen LogP contribution in [-0.2, 0) is 20.8 Å². The molecule has 0 saturated heterocycles. The van der Waals surface area contributed by atoms with Gasteiger partial charge in [0.25, 0.3) is 5.91 Å². The minimum atomic E-state index is -2.65. The fourth-order valence-corrected chi connectivity index (χ4v) is 5.91. The largest absolute Gasteiger partial charge is 0.508 e. The van der Waals surface area contributed by atoms with Gasteiger partial charge in [0.2, 0.25) is 5.78 Å². The predicted octanol–water partition coefficient (Wildman–Crippen LogP) is -0.638. The quantitative estimate of drug-likeness (QED) is 0.185. The number of benzene rings is 1. The number of hydrogen-bond donors (Lipinski definition) is 5.